The normalized spacial score (nSPS) is 12.5. The average Bonchev–Trinajstić information content (AvgIpc) is 3.14. The van der Waals surface area contributed by atoms with Crippen LogP contribution in [0.4, 0.5) is 0 Å². The van der Waals surface area contributed by atoms with Gasteiger partial charge in [-0.15, -0.1) is 5.10 Å². The molecular weight excluding hydrogens is 270 g/mol. The van der Waals surface area contributed by atoms with Gasteiger partial charge in [-0.25, -0.2) is 0 Å². The Morgan fingerprint density at radius 3 is 2.81 bits per heavy atom. The predicted molar refractivity (Wildman–Crippen MR) is 73.4 cm³/mol. The van der Waals surface area contributed by atoms with Gasteiger partial charge in [-0.3, -0.25) is 5.32 Å². The molecule has 0 aliphatic carbocycles. The molecular formula is C13H15N7O. The molecule has 21 heavy (non-hydrogen) atoms. The van der Waals surface area contributed by atoms with Gasteiger partial charge in [-0.1, -0.05) is 23.4 Å². The summed E-state index contributed by atoms with van der Waals surface area (Å²) in [5.41, 5.74) is 0.916. The molecule has 0 unspecified atom stereocenters. The summed E-state index contributed by atoms with van der Waals surface area (Å²) in [6.07, 6.45) is 0. The topological polar surface area (TPSA) is 94.5 Å². The summed E-state index contributed by atoms with van der Waals surface area (Å²) >= 11 is 0. The van der Waals surface area contributed by atoms with Crippen LogP contribution in [0.2, 0.25) is 0 Å². The van der Waals surface area contributed by atoms with Crippen molar-refractivity contribution in [3.8, 4) is 5.69 Å². The number of hydrogen-bond donors (Lipinski definition) is 1. The van der Waals surface area contributed by atoms with Gasteiger partial charge in [-0.2, -0.15) is 9.67 Å². The third-order valence-electron chi connectivity index (χ3n) is 3.01. The Labute approximate surface area is 121 Å². The van der Waals surface area contributed by atoms with E-state index in [2.05, 4.69) is 31.0 Å². The van der Waals surface area contributed by atoms with Gasteiger partial charge in [0.2, 0.25) is 5.89 Å². The molecule has 0 aliphatic rings. The molecule has 2 heterocycles. The van der Waals surface area contributed by atoms with Crippen molar-refractivity contribution in [1.82, 2.24) is 35.7 Å². The summed E-state index contributed by atoms with van der Waals surface area (Å²) in [5, 5.41) is 18.9. The second-order valence-corrected chi connectivity index (χ2v) is 4.62. The molecule has 0 spiro atoms. The summed E-state index contributed by atoms with van der Waals surface area (Å²) in [7, 11) is 0. The van der Waals surface area contributed by atoms with Crippen LogP contribution in [0.15, 0.2) is 34.9 Å². The molecule has 0 fully saturated rings. The minimum absolute atomic E-state index is 0.0626. The summed E-state index contributed by atoms with van der Waals surface area (Å²) < 4.78 is 6.77. The van der Waals surface area contributed by atoms with E-state index in [0.29, 0.717) is 18.3 Å². The highest BCUT2D eigenvalue weighted by Gasteiger charge is 2.16. The van der Waals surface area contributed by atoms with Crippen molar-refractivity contribution < 1.29 is 4.52 Å². The van der Waals surface area contributed by atoms with E-state index >= 15 is 0 Å². The van der Waals surface area contributed by atoms with Crippen LogP contribution in [-0.4, -0.2) is 30.3 Å². The van der Waals surface area contributed by atoms with E-state index in [-0.39, 0.29) is 6.04 Å². The first-order valence-electron chi connectivity index (χ1n) is 6.60. The van der Waals surface area contributed by atoms with E-state index in [1.54, 1.807) is 11.6 Å². The molecule has 108 valence electrons. The molecule has 1 N–H and O–H groups in total. The molecule has 0 saturated carbocycles. The monoisotopic (exact) mass is 285 g/mol. The Bertz CT molecular complexity index is 706. The molecule has 8 nitrogen and oxygen atoms in total. The van der Waals surface area contributed by atoms with Crippen molar-refractivity contribution in [3.63, 3.8) is 0 Å². The summed E-state index contributed by atoms with van der Waals surface area (Å²) in [4.78, 5) is 4.15. The van der Waals surface area contributed by atoms with E-state index in [4.69, 9.17) is 4.52 Å². The molecule has 3 rings (SSSR count). The third-order valence-corrected chi connectivity index (χ3v) is 3.01. The standard InChI is InChI=1S/C13H15N7O/c1-9(14-8-12-15-10(2)17-21-12)13-16-18-19-20(13)11-6-4-3-5-7-11/h3-7,9,14H,8H2,1-2H3/t9-/m0/s1. The number of nitrogens with one attached hydrogen (secondary N) is 1. The summed E-state index contributed by atoms with van der Waals surface area (Å²) in [6, 6.07) is 9.68. The maximum Gasteiger partial charge on any atom is 0.240 e. The zero-order chi connectivity index (χ0) is 14.7. The van der Waals surface area contributed by atoms with Crippen molar-refractivity contribution in [2.75, 3.05) is 0 Å². The lowest BCUT2D eigenvalue weighted by atomic mass is 10.3. The largest absolute Gasteiger partial charge is 0.338 e. The molecule has 0 radical (unpaired) electrons. The number of aryl methyl sites for hydroxylation is 1. The van der Waals surface area contributed by atoms with Gasteiger partial charge in [0.1, 0.15) is 0 Å². The fourth-order valence-electron chi connectivity index (χ4n) is 1.96. The maximum atomic E-state index is 5.06. The van der Waals surface area contributed by atoms with Gasteiger partial charge in [0.15, 0.2) is 11.6 Å². The number of rotatable bonds is 5. The number of tetrazole rings is 1. The third kappa shape index (κ3) is 2.95. The Morgan fingerprint density at radius 2 is 2.10 bits per heavy atom. The van der Waals surface area contributed by atoms with Gasteiger partial charge >= 0.3 is 0 Å². The molecule has 0 amide bonds. The molecule has 0 aliphatic heterocycles. The van der Waals surface area contributed by atoms with E-state index < -0.39 is 0 Å². The van der Waals surface area contributed by atoms with Crippen LogP contribution in [0, 0.1) is 6.92 Å². The zero-order valence-electron chi connectivity index (χ0n) is 11.8. The van der Waals surface area contributed by atoms with Crippen molar-refractivity contribution in [2.45, 2.75) is 26.4 Å². The Hall–Kier alpha value is -2.61. The second-order valence-electron chi connectivity index (χ2n) is 4.62. The van der Waals surface area contributed by atoms with Crippen LogP contribution in [0.3, 0.4) is 0 Å². The number of nitrogens with zero attached hydrogens (tertiary/aromatic N) is 6. The van der Waals surface area contributed by atoms with Crippen molar-refractivity contribution in [1.29, 1.82) is 0 Å². The van der Waals surface area contributed by atoms with E-state index in [0.717, 1.165) is 11.5 Å². The van der Waals surface area contributed by atoms with Gasteiger partial charge in [-0.05, 0) is 36.4 Å². The predicted octanol–water partition coefficient (Wildman–Crippen LogP) is 1.20. The summed E-state index contributed by atoms with van der Waals surface area (Å²) in [6.45, 7) is 4.23. The van der Waals surface area contributed by atoms with Gasteiger partial charge < -0.3 is 4.52 Å². The lowest BCUT2D eigenvalue weighted by Crippen LogP contribution is -2.22. The first-order valence-corrected chi connectivity index (χ1v) is 6.60. The number of benzene rings is 1. The maximum absolute atomic E-state index is 5.06. The zero-order valence-corrected chi connectivity index (χ0v) is 11.8. The molecule has 1 aromatic carbocycles. The first-order chi connectivity index (χ1) is 10.2. The van der Waals surface area contributed by atoms with Crippen LogP contribution in [0.5, 0.6) is 0 Å². The smallest absolute Gasteiger partial charge is 0.240 e. The van der Waals surface area contributed by atoms with E-state index in [9.17, 15) is 0 Å². The van der Waals surface area contributed by atoms with Crippen molar-refractivity contribution in [2.24, 2.45) is 0 Å². The van der Waals surface area contributed by atoms with Crippen LogP contribution in [0.1, 0.15) is 30.5 Å². The van der Waals surface area contributed by atoms with Crippen molar-refractivity contribution >= 4 is 0 Å². The lowest BCUT2D eigenvalue weighted by molar-refractivity contribution is 0.355. The van der Waals surface area contributed by atoms with Crippen LogP contribution in [0.25, 0.3) is 5.69 Å². The SMILES string of the molecule is Cc1noc(CN[C@@H](C)c2nnnn2-c2ccccc2)n1. The van der Waals surface area contributed by atoms with Crippen molar-refractivity contribution in [3.05, 3.63) is 47.9 Å². The fourth-order valence-corrected chi connectivity index (χ4v) is 1.96. The van der Waals surface area contributed by atoms with E-state index in [1.807, 2.05) is 37.3 Å². The Morgan fingerprint density at radius 1 is 1.29 bits per heavy atom. The molecule has 8 heteroatoms. The second kappa shape index (κ2) is 5.80. The van der Waals surface area contributed by atoms with Crippen LogP contribution < -0.4 is 5.32 Å². The highest BCUT2D eigenvalue weighted by molar-refractivity contribution is 5.30. The highest BCUT2D eigenvalue weighted by Crippen LogP contribution is 2.14. The van der Waals surface area contributed by atoms with Gasteiger partial charge in [0.25, 0.3) is 0 Å². The molecule has 1 atom stereocenters. The molecule has 0 bridgehead atoms. The quantitative estimate of drug-likeness (QED) is 0.752. The number of aromatic nitrogens is 6. The average molecular weight is 285 g/mol. The van der Waals surface area contributed by atoms with Crippen LogP contribution in [-0.2, 0) is 6.54 Å². The minimum Gasteiger partial charge on any atom is -0.338 e. The Kier molecular flexibility index (Phi) is 3.69. The molecule has 3 aromatic rings. The first kappa shape index (κ1) is 13.4. The molecule has 0 saturated heterocycles. The fraction of sp³-hybridized carbons (Fsp3) is 0.308. The van der Waals surface area contributed by atoms with E-state index in [1.165, 1.54) is 0 Å². The molecule has 2 aromatic heterocycles. The number of para-hydroxylation sites is 1. The van der Waals surface area contributed by atoms with Gasteiger partial charge in [0, 0.05) is 0 Å². The minimum atomic E-state index is -0.0626. The van der Waals surface area contributed by atoms with Crippen LogP contribution >= 0.6 is 0 Å². The van der Waals surface area contributed by atoms with Gasteiger partial charge in [0.05, 0.1) is 18.3 Å². The Balaban J connectivity index is 1.73. The highest BCUT2D eigenvalue weighted by atomic mass is 16.5. The lowest BCUT2D eigenvalue weighted by Gasteiger charge is -2.12. The summed E-state index contributed by atoms with van der Waals surface area (Å²) in [5.74, 6) is 1.88. The number of hydrogen-bond acceptors (Lipinski definition) is 7.